The summed E-state index contributed by atoms with van der Waals surface area (Å²) in [6.45, 7) is 5.75. The molecule has 0 aliphatic carbocycles. The van der Waals surface area contributed by atoms with Crippen LogP contribution in [-0.4, -0.2) is 33.5 Å². The van der Waals surface area contributed by atoms with Gasteiger partial charge in [-0.25, -0.2) is 0 Å². The van der Waals surface area contributed by atoms with Crippen LogP contribution in [0.4, 0.5) is 0 Å². The zero-order chi connectivity index (χ0) is 16.2. The Morgan fingerprint density at radius 1 is 1.35 bits per heavy atom. The minimum absolute atomic E-state index is 0.109. The highest BCUT2D eigenvalue weighted by Gasteiger charge is 2.26. The molecule has 1 amide bonds. The molecule has 1 aromatic carbocycles. The lowest BCUT2D eigenvalue weighted by atomic mass is 9.90. The summed E-state index contributed by atoms with van der Waals surface area (Å²) in [5, 5.41) is 3.96. The molecule has 0 bridgehead atoms. The number of aryl methyl sites for hydroxylation is 3. The first-order valence-electron chi connectivity index (χ1n) is 8.28. The molecule has 1 aliphatic heterocycles. The summed E-state index contributed by atoms with van der Waals surface area (Å²) in [6, 6.07) is 8.59. The van der Waals surface area contributed by atoms with Crippen molar-refractivity contribution in [2.45, 2.75) is 39.5 Å². The van der Waals surface area contributed by atoms with Crippen LogP contribution in [0.2, 0.25) is 0 Å². The molecule has 1 fully saturated rings. The molecular formula is C18H23N3OS. The van der Waals surface area contributed by atoms with Crippen molar-refractivity contribution in [1.29, 1.82) is 0 Å². The van der Waals surface area contributed by atoms with E-state index in [2.05, 4.69) is 40.8 Å². The molecule has 1 saturated heterocycles. The minimum atomic E-state index is 0.109. The Labute approximate surface area is 141 Å². The maximum absolute atomic E-state index is 12.6. The first kappa shape index (κ1) is 16.1. The van der Waals surface area contributed by atoms with E-state index >= 15 is 0 Å². The van der Waals surface area contributed by atoms with Gasteiger partial charge in [0.2, 0.25) is 0 Å². The summed E-state index contributed by atoms with van der Waals surface area (Å²) in [5.41, 5.74) is 3.54. The quantitative estimate of drug-likeness (QED) is 0.860. The van der Waals surface area contributed by atoms with Gasteiger partial charge in [0.05, 0.1) is 5.69 Å². The lowest BCUT2D eigenvalue weighted by Crippen LogP contribution is -2.40. The fourth-order valence-corrected chi connectivity index (χ4v) is 3.93. The van der Waals surface area contributed by atoms with Crippen molar-refractivity contribution in [2.24, 2.45) is 5.92 Å². The van der Waals surface area contributed by atoms with Crippen LogP contribution in [0.25, 0.3) is 0 Å². The summed E-state index contributed by atoms with van der Waals surface area (Å²) in [6.07, 6.45) is 4.56. The van der Waals surface area contributed by atoms with Crippen molar-refractivity contribution in [3.8, 4) is 0 Å². The van der Waals surface area contributed by atoms with Crippen LogP contribution in [0.5, 0.6) is 0 Å². The molecule has 0 spiro atoms. The molecule has 2 heterocycles. The van der Waals surface area contributed by atoms with Gasteiger partial charge in [-0.1, -0.05) is 28.8 Å². The van der Waals surface area contributed by atoms with E-state index in [0.717, 1.165) is 38.0 Å². The SMILES string of the molecule is Cc1ccccc1CC[C@H]1CCCN(C(=O)c2snnc2C)C1. The number of amides is 1. The fraction of sp³-hybridized carbons (Fsp3) is 0.500. The normalized spacial score (nSPS) is 18.2. The van der Waals surface area contributed by atoms with E-state index in [0.29, 0.717) is 10.8 Å². The number of nitrogens with zero attached hydrogens (tertiary/aromatic N) is 3. The van der Waals surface area contributed by atoms with E-state index in [9.17, 15) is 4.79 Å². The second kappa shape index (κ2) is 7.21. The van der Waals surface area contributed by atoms with E-state index in [1.807, 2.05) is 11.8 Å². The van der Waals surface area contributed by atoms with Gasteiger partial charge in [0, 0.05) is 13.1 Å². The van der Waals surface area contributed by atoms with E-state index < -0.39 is 0 Å². The molecule has 1 aliphatic rings. The van der Waals surface area contributed by atoms with E-state index in [-0.39, 0.29) is 5.91 Å². The molecule has 0 N–H and O–H groups in total. The van der Waals surface area contributed by atoms with Gasteiger partial charge in [-0.3, -0.25) is 4.79 Å². The highest BCUT2D eigenvalue weighted by molar-refractivity contribution is 7.07. The summed E-state index contributed by atoms with van der Waals surface area (Å²) in [7, 11) is 0. The number of hydrogen-bond donors (Lipinski definition) is 0. The zero-order valence-electron chi connectivity index (χ0n) is 13.8. The number of carbonyl (C=O) groups excluding carboxylic acids is 1. The van der Waals surface area contributed by atoms with Gasteiger partial charge in [0.15, 0.2) is 0 Å². The van der Waals surface area contributed by atoms with Gasteiger partial charge in [-0.15, -0.1) is 5.10 Å². The first-order chi connectivity index (χ1) is 11.1. The lowest BCUT2D eigenvalue weighted by molar-refractivity contribution is 0.0672. The number of piperidine rings is 1. The second-order valence-electron chi connectivity index (χ2n) is 6.41. The summed E-state index contributed by atoms with van der Waals surface area (Å²) in [5.74, 6) is 0.701. The van der Waals surface area contributed by atoms with Crippen molar-refractivity contribution < 1.29 is 4.79 Å². The monoisotopic (exact) mass is 329 g/mol. The molecule has 0 saturated carbocycles. The highest BCUT2D eigenvalue weighted by Crippen LogP contribution is 2.24. The third kappa shape index (κ3) is 3.78. The number of rotatable bonds is 4. The van der Waals surface area contributed by atoms with E-state index in [1.54, 1.807) is 0 Å². The molecule has 23 heavy (non-hydrogen) atoms. The largest absolute Gasteiger partial charge is 0.338 e. The van der Waals surface area contributed by atoms with Crippen LogP contribution in [0.3, 0.4) is 0 Å². The molecule has 2 aromatic rings. The second-order valence-corrected chi connectivity index (χ2v) is 7.17. The molecule has 1 aromatic heterocycles. The molecule has 1 atom stereocenters. The van der Waals surface area contributed by atoms with Crippen LogP contribution in [0.15, 0.2) is 24.3 Å². The summed E-state index contributed by atoms with van der Waals surface area (Å²) < 4.78 is 3.89. The molecule has 122 valence electrons. The Kier molecular flexibility index (Phi) is 5.06. The molecule has 4 nitrogen and oxygen atoms in total. The van der Waals surface area contributed by atoms with Gasteiger partial charge in [0.25, 0.3) is 5.91 Å². The Hall–Kier alpha value is -1.75. The van der Waals surface area contributed by atoms with E-state index in [1.165, 1.54) is 29.1 Å². The van der Waals surface area contributed by atoms with Crippen LogP contribution in [0, 0.1) is 19.8 Å². The van der Waals surface area contributed by atoms with Gasteiger partial charge in [-0.05, 0) is 68.1 Å². The lowest BCUT2D eigenvalue weighted by Gasteiger charge is -2.32. The molecular weight excluding hydrogens is 306 g/mol. The van der Waals surface area contributed by atoms with Crippen molar-refractivity contribution in [3.63, 3.8) is 0 Å². The number of aromatic nitrogens is 2. The van der Waals surface area contributed by atoms with E-state index in [4.69, 9.17) is 0 Å². The Balaban J connectivity index is 1.59. The third-order valence-corrected chi connectivity index (χ3v) is 5.55. The Morgan fingerprint density at radius 2 is 2.17 bits per heavy atom. The summed E-state index contributed by atoms with van der Waals surface area (Å²) >= 11 is 1.21. The summed E-state index contributed by atoms with van der Waals surface area (Å²) in [4.78, 5) is 15.3. The van der Waals surface area contributed by atoms with Crippen molar-refractivity contribution in [2.75, 3.05) is 13.1 Å². The van der Waals surface area contributed by atoms with Crippen LogP contribution in [-0.2, 0) is 6.42 Å². The van der Waals surface area contributed by atoms with Crippen molar-refractivity contribution in [1.82, 2.24) is 14.5 Å². The molecule has 3 rings (SSSR count). The molecule has 0 radical (unpaired) electrons. The minimum Gasteiger partial charge on any atom is -0.338 e. The van der Waals surface area contributed by atoms with Crippen LogP contribution < -0.4 is 0 Å². The predicted octanol–water partition coefficient (Wildman–Crippen LogP) is 3.64. The van der Waals surface area contributed by atoms with Crippen LogP contribution >= 0.6 is 11.5 Å². The average molecular weight is 329 g/mol. The van der Waals surface area contributed by atoms with Crippen molar-refractivity contribution >= 4 is 17.4 Å². The first-order valence-corrected chi connectivity index (χ1v) is 9.05. The number of likely N-dealkylation sites (tertiary alicyclic amines) is 1. The molecule has 0 unspecified atom stereocenters. The maximum Gasteiger partial charge on any atom is 0.267 e. The predicted molar refractivity (Wildman–Crippen MR) is 92.8 cm³/mol. The van der Waals surface area contributed by atoms with Gasteiger partial charge >= 0.3 is 0 Å². The maximum atomic E-state index is 12.6. The standard InChI is InChI=1S/C18H23N3OS/c1-13-6-3-4-8-16(13)10-9-15-7-5-11-21(12-15)18(22)17-14(2)19-20-23-17/h3-4,6,8,15H,5,7,9-12H2,1-2H3/t15-/m1/s1. The number of benzene rings is 1. The highest BCUT2D eigenvalue weighted by atomic mass is 32.1. The van der Waals surface area contributed by atoms with Crippen molar-refractivity contribution in [3.05, 3.63) is 46.0 Å². The third-order valence-electron chi connectivity index (χ3n) is 4.74. The zero-order valence-corrected chi connectivity index (χ0v) is 14.6. The Morgan fingerprint density at radius 3 is 2.91 bits per heavy atom. The number of carbonyl (C=O) groups is 1. The van der Waals surface area contributed by atoms with Gasteiger partial charge < -0.3 is 4.90 Å². The smallest absolute Gasteiger partial charge is 0.267 e. The fourth-order valence-electron chi connectivity index (χ4n) is 3.31. The van der Waals surface area contributed by atoms with Gasteiger partial charge in [-0.2, -0.15) is 0 Å². The molecule has 5 heteroatoms. The topological polar surface area (TPSA) is 46.1 Å². The van der Waals surface area contributed by atoms with Crippen LogP contribution in [0.1, 0.15) is 45.8 Å². The Bertz CT molecular complexity index is 682. The van der Waals surface area contributed by atoms with Gasteiger partial charge in [0.1, 0.15) is 4.88 Å². The number of hydrogen-bond acceptors (Lipinski definition) is 4. The average Bonchev–Trinajstić information content (AvgIpc) is 3.00.